The summed E-state index contributed by atoms with van der Waals surface area (Å²) in [7, 11) is -11.4. The van der Waals surface area contributed by atoms with Gasteiger partial charge in [-0.05, 0) is 104 Å². The monoisotopic (exact) mass is 1560 g/mol. The van der Waals surface area contributed by atoms with E-state index in [0.29, 0.717) is 62.0 Å². The fraction of sp³-hybridized carbons (Fsp3) is 0.803. The number of sulfonamides is 1. The van der Waals surface area contributed by atoms with E-state index in [9.17, 15) is 37.0 Å². The highest BCUT2D eigenvalue weighted by atomic mass is 32.2. The summed E-state index contributed by atoms with van der Waals surface area (Å²) in [6.07, 6.45) is 11.5. The van der Waals surface area contributed by atoms with Crippen molar-refractivity contribution in [3.8, 4) is 0 Å². The molecule has 0 saturated heterocycles. The van der Waals surface area contributed by atoms with Crippen LogP contribution in [-0.2, 0) is 66.3 Å². The van der Waals surface area contributed by atoms with Crippen LogP contribution in [0.25, 0.3) is 0 Å². The van der Waals surface area contributed by atoms with Crippen LogP contribution in [0, 0.1) is 52.8 Å². The lowest BCUT2D eigenvalue weighted by Gasteiger charge is -2.26. The SMILES string of the molecule is C=C(N)C(C)C.C=C(O)C(C)(C)OC(C)C.C=C(O)C(C)C.C=P(O)(O)C(C)C.C=P(OCC)(OCC)C(C)C.CC(C)C(=O)NS(=O)(=O)C1CC1.CC(C)C(=O)OCOP(C)(=O)O.CC(C)C1(C(=O)O)CC1.CC(C)CC(=O)O.CC(C)c1nn[nH]n1.CCC(O)C(C)C.CCOC(=O)C(C)C. The highest BCUT2D eigenvalue weighted by molar-refractivity contribution is 7.91. The van der Waals surface area contributed by atoms with E-state index in [1.807, 2.05) is 132 Å². The topological polar surface area (TPSA) is 446 Å². The Morgan fingerprint density at radius 1 is 0.670 bits per heavy atom. The number of nitrogens with one attached hydrogen (secondary N) is 2. The Morgan fingerprint density at radius 2 is 1.07 bits per heavy atom. The van der Waals surface area contributed by atoms with Crippen molar-refractivity contribution in [1.29, 1.82) is 0 Å². The van der Waals surface area contributed by atoms with Gasteiger partial charge in [0.15, 0.2) is 5.82 Å². The highest BCUT2D eigenvalue weighted by Gasteiger charge is 2.52. The Kier molecular flexibility index (Phi) is 69.8. The minimum Gasteiger partial charge on any atom is -0.513 e. The molecule has 0 aromatic carbocycles. The number of hydrogen-bond donors (Lipinski definition) is 11. The Morgan fingerprint density at radius 3 is 1.20 bits per heavy atom. The van der Waals surface area contributed by atoms with Gasteiger partial charge in [0.25, 0.3) is 0 Å². The molecule has 2 saturated carbocycles. The fourth-order valence-electron chi connectivity index (χ4n) is 5.21. The summed E-state index contributed by atoms with van der Waals surface area (Å²) in [6.45, 7) is 69.4. The normalized spacial score (nSPS) is 13.5. The third-order valence-corrected chi connectivity index (χ3v) is 20.4. The second-order valence-electron chi connectivity index (χ2n) is 28.2. The molecule has 2 fully saturated rings. The number of carbonyl (C=O) groups excluding carboxylic acids is 3. The average Bonchev–Trinajstić information content (AvgIpc) is 1.63. The van der Waals surface area contributed by atoms with Crippen LogP contribution in [0.15, 0.2) is 37.0 Å². The van der Waals surface area contributed by atoms with Crippen molar-refractivity contribution in [3.63, 3.8) is 0 Å². The van der Waals surface area contributed by atoms with Crippen LogP contribution in [0.2, 0.25) is 0 Å². The minimum atomic E-state index is -3.53. The Labute approximate surface area is 623 Å². The van der Waals surface area contributed by atoms with E-state index in [-0.39, 0.29) is 82.0 Å². The molecular formula is C71H149N6O22P3S. The van der Waals surface area contributed by atoms with Crippen molar-refractivity contribution in [1.82, 2.24) is 25.3 Å². The first-order chi connectivity index (χ1) is 46.3. The smallest absolute Gasteiger partial charge is 0.327 e. The molecule has 0 bridgehead atoms. The van der Waals surface area contributed by atoms with E-state index in [0.717, 1.165) is 37.4 Å². The van der Waals surface area contributed by atoms with Gasteiger partial charge < -0.3 is 69.2 Å². The number of carbonyl (C=O) groups is 5. The number of aliphatic hydroxyl groups excluding tert-OH is 3. The lowest BCUT2D eigenvalue weighted by molar-refractivity contribution is -0.154. The molecule has 616 valence electrons. The first-order valence-electron chi connectivity index (χ1n) is 35.1. The van der Waals surface area contributed by atoms with Crippen molar-refractivity contribution in [3.05, 3.63) is 42.8 Å². The number of nitrogens with two attached hydrogens (primary N) is 1. The molecule has 1 amide bonds. The van der Waals surface area contributed by atoms with E-state index in [2.05, 4.69) is 85.5 Å². The van der Waals surface area contributed by atoms with Gasteiger partial charge in [0.2, 0.25) is 22.7 Å². The highest BCUT2D eigenvalue weighted by Crippen LogP contribution is 2.52. The van der Waals surface area contributed by atoms with Gasteiger partial charge in [0, 0.05) is 47.9 Å². The van der Waals surface area contributed by atoms with Gasteiger partial charge in [0.05, 0.1) is 60.3 Å². The number of carboxylic acids is 2. The summed E-state index contributed by atoms with van der Waals surface area (Å²) in [5.74, 6) is 0.268. The number of amides is 1. The number of ether oxygens (including phenoxy) is 3. The van der Waals surface area contributed by atoms with Crippen molar-refractivity contribution in [2.24, 2.45) is 58.5 Å². The van der Waals surface area contributed by atoms with Crippen LogP contribution >= 0.6 is 22.3 Å². The third kappa shape index (κ3) is 75.5. The number of tetrazole rings is 1. The van der Waals surface area contributed by atoms with Crippen LogP contribution < -0.4 is 10.5 Å². The van der Waals surface area contributed by atoms with Crippen molar-refractivity contribution < 1.29 is 105 Å². The van der Waals surface area contributed by atoms with Crippen molar-refractivity contribution in [2.45, 2.75) is 287 Å². The second-order valence-corrected chi connectivity index (χ2v) is 37.7. The maximum atomic E-state index is 11.2. The van der Waals surface area contributed by atoms with Gasteiger partial charge in [-0.15, -0.1) is 10.2 Å². The maximum Gasteiger partial charge on any atom is 0.327 e. The van der Waals surface area contributed by atoms with E-state index in [1.54, 1.807) is 62.3 Å². The number of aliphatic carboxylic acids is 2. The second kappa shape index (κ2) is 61.5. The molecular weight excluding hydrogens is 1410 g/mol. The molecule has 1 aromatic heterocycles. The quantitative estimate of drug-likeness (QED) is 0.0169. The van der Waals surface area contributed by atoms with Crippen molar-refractivity contribution in [2.75, 3.05) is 33.3 Å². The number of aliphatic hydroxyl groups is 3. The zero-order valence-corrected chi connectivity index (χ0v) is 72.7. The molecule has 32 heteroatoms. The number of aromatic nitrogens is 4. The molecule has 12 N–H and O–H groups in total. The number of carboxylic acid groups (broad SMARTS) is 2. The van der Waals surface area contributed by atoms with E-state index < -0.39 is 68.5 Å². The molecule has 0 spiro atoms. The number of hydrogen-bond acceptors (Lipinski definition) is 23. The molecule has 2 aliphatic rings. The molecule has 1 heterocycles. The zero-order chi connectivity index (χ0) is 84.1. The first kappa shape index (κ1) is 117. The molecule has 2 aliphatic carbocycles. The molecule has 103 heavy (non-hydrogen) atoms. The van der Waals surface area contributed by atoms with Crippen LogP contribution in [-0.4, -0.2) is 179 Å². The summed E-state index contributed by atoms with van der Waals surface area (Å²) in [6, 6.07) is 0. The molecule has 0 radical (unpaired) electrons. The largest absolute Gasteiger partial charge is 0.513 e. The molecule has 0 aliphatic heterocycles. The van der Waals surface area contributed by atoms with Crippen molar-refractivity contribution >= 4 is 74.7 Å². The predicted octanol–water partition coefficient (Wildman–Crippen LogP) is 15.3. The van der Waals surface area contributed by atoms with Gasteiger partial charge in [0.1, 0.15) is 26.0 Å². The summed E-state index contributed by atoms with van der Waals surface area (Å²) in [5, 5.41) is 56.1. The number of rotatable bonds is 27. The van der Waals surface area contributed by atoms with Gasteiger partial charge in [-0.3, -0.25) is 37.8 Å². The van der Waals surface area contributed by atoms with Crippen LogP contribution in [0.5, 0.6) is 0 Å². The van der Waals surface area contributed by atoms with Crippen LogP contribution in [0.1, 0.15) is 258 Å². The minimum absolute atomic E-state index is 0.00921. The number of allylic oxidation sites excluding steroid dienone is 2. The lowest BCUT2D eigenvalue weighted by Crippen LogP contribution is -2.35. The number of H-pyrrole nitrogens is 1. The Bertz CT molecular complexity index is 2650. The third-order valence-electron chi connectivity index (χ3n) is 13.4. The zero-order valence-electron chi connectivity index (χ0n) is 69.2. The van der Waals surface area contributed by atoms with Gasteiger partial charge >= 0.3 is 31.5 Å². The summed E-state index contributed by atoms with van der Waals surface area (Å²) < 4.78 is 64.7. The number of nitrogens with zero attached hydrogens (tertiary/aromatic N) is 3. The number of aromatic amines is 1. The summed E-state index contributed by atoms with van der Waals surface area (Å²) in [5.41, 5.74) is 5.35. The Balaban J connectivity index is -0.000000135. The standard InChI is InChI=1S/C8H19O2P.C8H16O2.C7H13NO3S.C7H12O2.C6H13O5P.C6H12O2.C6H14O.C5H11N.C5H10O2.C5H10O.C4H8N4.C4H11O2P/c1-6-9-11(5,8(3)4)10-7-2;1-6(2)10-8(4,5)7(3)9;1-5(2)7(9)8-12(10,11)6-3-4-6;1-5(2)7(3-4-7)6(8)9;1-5(2)6(7)10-4-11-12(3,8)9;1-4-8-6(7)5(2)3;1-4-6(7)5(2)3;1-4(2)5(3)6;1-4(2)3-5(6)7;1-4(2)5(3)6;1-3(2)4-5-7-8-6-4;1-4(2)7(3,5)6/h8H,5-7H2,1-4H3;6,9H,3H2,1-2,4-5H3;5-6H,3-4H2,1-2H3,(H,8,9);5H,3-4H2,1-2H3,(H,8,9);5H,4H2,1-3H3,(H,8,9);5H,4H2,1-3H3;5-7H,4H2,1-3H3;4H,3,6H2,1-2H3;4H,3H2,1-2H3,(H,6,7);4,6H,3H2,1-2H3;3H,1-2H3,(H,5,6,7,8);4-6H,3H2,1-2H3. The molecule has 1 aromatic rings. The summed E-state index contributed by atoms with van der Waals surface area (Å²) >= 11 is 0. The van der Waals surface area contributed by atoms with E-state index >= 15 is 0 Å². The van der Waals surface area contributed by atoms with Gasteiger partial charge in [-0.25, -0.2) is 8.42 Å². The van der Waals surface area contributed by atoms with Gasteiger partial charge in [-0.2, -0.15) is 5.21 Å². The van der Waals surface area contributed by atoms with Crippen LogP contribution in [0.3, 0.4) is 0 Å². The van der Waals surface area contributed by atoms with Crippen LogP contribution in [0.4, 0.5) is 0 Å². The van der Waals surface area contributed by atoms with E-state index in [1.165, 1.54) is 0 Å². The average molecular weight is 1560 g/mol. The number of esters is 2. The lowest BCUT2D eigenvalue weighted by atomic mass is 9.93. The summed E-state index contributed by atoms with van der Waals surface area (Å²) in [4.78, 5) is 78.5. The maximum absolute atomic E-state index is 11.2. The molecule has 2 atom stereocenters. The fourth-order valence-corrected chi connectivity index (χ4v) is 8.45. The first-order valence-corrected chi connectivity index (χ1v) is 42.5. The molecule has 3 rings (SSSR count). The predicted molar refractivity (Wildman–Crippen MR) is 423 cm³/mol. The molecule has 2 unspecified atom stereocenters. The Hall–Kier alpha value is -4.50. The van der Waals surface area contributed by atoms with Gasteiger partial charge in [-0.1, -0.05) is 197 Å². The van der Waals surface area contributed by atoms with E-state index in [4.69, 9.17) is 59.7 Å². The molecule has 28 nitrogen and oxygen atoms in total.